The zero-order valence-corrected chi connectivity index (χ0v) is 71.9. The minimum Gasteiger partial charge on any atom is -0.477 e. The first-order valence-corrected chi connectivity index (χ1v) is 42.4. The highest BCUT2D eigenvalue weighted by Crippen LogP contribution is 2.43. The summed E-state index contributed by atoms with van der Waals surface area (Å²) in [5.41, 5.74) is 0. The third kappa shape index (κ3) is 24.7. The molecule has 0 radical (unpaired) electrons. The molecule has 10 rings (SSSR count). The zero-order valence-electron chi connectivity index (χ0n) is 71.9. The van der Waals surface area contributed by atoms with E-state index >= 15 is 0 Å². The van der Waals surface area contributed by atoms with Crippen LogP contribution in [-0.2, 0) is 119 Å². The standard InChI is InChI=1S/C74H122N4O57/c1-17(86)75-33-21(90)5-73(71(113)114,134-58(33)37(94)23(92)7-79)118-15-31-41(98)46(103)52(109)66(126-31)128-55-28(12-84)123-64(35(44(55)101)77-19(3)88)132-61-48(105)39(96)25(9-81)121-69(61)117-14-30-43(100)60(54(111)68(125-30)130-57-27(11-83)120-63(112)51(108)50(57)107)131-70-62(49(106)40(97)26(10-82)122-70)133-65-36(78-20(4)89)45(102)56(29(13-85)124-65)129-67-53(110)47(104)42(99)32(127-67)16-119-74(72(115)116)6-22(91)34(76-18(2)87)59(135-74)38(95)24(93)8-80/h21-70,79-85,90-112H,5-16H2,1-4H3,(H,75,86)(H,76,87)(H,77,88)(H,78,89)(H,113,114)(H,115,116)/t21-,22-,23+,24+,25+,26+,27+,28+,29+,30+,31+,32+,33+,34+,35+,36+,37+,38+,39+,40+,41-,42-,43+,44+,45+,46-,47-,48-,49-,50+,51+,52+,53+,54-,55+,56+,57+,58+,59+,60-,61-,62-,63+,64-,65-,66-,67-,68-,69-,70+,73+,74+/m0/s1. The Morgan fingerprint density at radius 2 is 0.600 bits per heavy atom. The van der Waals surface area contributed by atoms with E-state index in [0.29, 0.717) is 0 Å². The molecule has 10 aliphatic heterocycles. The summed E-state index contributed by atoms with van der Waals surface area (Å²) in [6, 6.07) is -7.55. The van der Waals surface area contributed by atoms with Gasteiger partial charge in [0.15, 0.2) is 50.3 Å². The number of amides is 4. The molecule has 0 aromatic rings. The molecule has 0 aromatic heterocycles. The van der Waals surface area contributed by atoms with Crippen molar-refractivity contribution < 1.29 is 282 Å². The van der Waals surface area contributed by atoms with Crippen LogP contribution in [0, 0.1) is 0 Å². The van der Waals surface area contributed by atoms with Crippen LogP contribution >= 0.6 is 0 Å². The number of aliphatic hydroxyl groups excluding tert-OH is 30. The van der Waals surface area contributed by atoms with Gasteiger partial charge in [-0.3, -0.25) is 19.2 Å². The molecule has 0 spiro atoms. The Kier molecular flexibility index (Phi) is 39.6. The van der Waals surface area contributed by atoms with Gasteiger partial charge in [-0.2, -0.15) is 0 Å². The first-order valence-electron chi connectivity index (χ1n) is 42.4. The second-order valence-corrected chi connectivity index (χ2v) is 33.9. The number of carboxylic acid groups (broad SMARTS) is 2. The Hall–Kier alpha value is -5.14. The Balaban J connectivity index is 0.893. The van der Waals surface area contributed by atoms with Crippen LogP contribution in [0.15, 0.2) is 0 Å². The number of nitrogens with one attached hydrogen (secondary N) is 4. The fourth-order valence-electron chi connectivity index (χ4n) is 17.1. The highest BCUT2D eigenvalue weighted by atomic mass is 16.8. The SMILES string of the molecule is CC(=O)N[C@H]1[C@H](O[C@@H]2[C@@H](OC[C@H]3O[C@@H](O[C@H]4[C@H](O)[C@@H](O)[C@H](O)O[C@@H]4CO)[C@@H](O)[C@@H](O[C@H]4O[C@H](CO)[C@@H](O)[C@H](O)[C@@H]4O[C@@H]4O[C@H](CO)[C@@H](O[C@@H]5O[C@H](CO[C@]6(C(=O)O)C[C@H](O)[C@@H](NC(C)=O)[C@H]([C@H](O)[C@H](O)CO)O6)[C@H](O)[C@H](O)[C@H]5O)[C@H](O)[C@H]4NC(C)=O)[C@@H]3O)O[C@H](CO)[C@@H](O)[C@@H]2O)O[C@H](CO)[C@@H](O[C@@H]2O[C@H](CO[C@]3(C(=O)O)C[C@H](O)[C@@H](NC(C)=O)[C@H]([C@H](O)[C@H](O)CO)O3)[C@H](O)[C@H](O)[C@H]2O)[C@@H]1O. The minimum absolute atomic E-state index is 0.850. The van der Waals surface area contributed by atoms with Gasteiger partial charge in [0.1, 0.15) is 232 Å². The van der Waals surface area contributed by atoms with Crippen molar-refractivity contribution in [1.29, 1.82) is 0 Å². The van der Waals surface area contributed by atoms with Crippen molar-refractivity contribution in [3.63, 3.8) is 0 Å². The van der Waals surface area contributed by atoms with E-state index < -0.39 is 432 Å². The number of hydrogen-bond donors (Lipinski definition) is 36. The van der Waals surface area contributed by atoms with Crippen molar-refractivity contribution in [3.05, 3.63) is 0 Å². The lowest BCUT2D eigenvalue weighted by Crippen LogP contribution is -2.70. The first-order chi connectivity index (χ1) is 63.5. The average molecular weight is 1980 g/mol. The molecule has 61 heteroatoms. The summed E-state index contributed by atoms with van der Waals surface area (Å²) in [5, 5.41) is 364. The quantitative estimate of drug-likeness (QED) is 0.0273. The molecule has 0 bridgehead atoms. The predicted octanol–water partition coefficient (Wildman–Crippen LogP) is -23.8. The second-order valence-electron chi connectivity index (χ2n) is 33.9. The summed E-state index contributed by atoms with van der Waals surface area (Å²) < 4.78 is 111. The molecule has 0 aliphatic carbocycles. The van der Waals surface area contributed by atoms with Crippen molar-refractivity contribution in [1.82, 2.24) is 21.3 Å². The van der Waals surface area contributed by atoms with E-state index in [4.69, 9.17) is 90.0 Å². The molecule has 135 heavy (non-hydrogen) atoms. The summed E-state index contributed by atoms with van der Waals surface area (Å²) >= 11 is 0. The van der Waals surface area contributed by atoms with Crippen LogP contribution in [0.1, 0.15) is 40.5 Å². The van der Waals surface area contributed by atoms with E-state index in [0.717, 1.165) is 27.7 Å². The van der Waals surface area contributed by atoms with Crippen LogP contribution in [-0.4, -0.2) is 583 Å². The van der Waals surface area contributed by atoms with Crippen molar-refractivity contribution in [2.45, 2.75) is 359 Å². The summed E-state index contributed by atoms with van der Waals surface area (Å²) in [5.74, 6) is -14.1. The maximum atomic E-state index is 13.2. The lowest BCUT2D eigenvalue weighted by molar-refractivity contribution is -0.399. The highest BCUT2D eigenvalue weighted by molar-refractivity contribution is 5.78. The van der Waals surface area contributed by atoms with Crippen LogP contribution in [0.4, 0.5) is 0 Å². The molecule has 10 fully saturated rings. The summed E-state index contributed by atoms with van der Waals surface area (Å²) in [7, 11) is 0. The first kappa shape index (κ1) is 112. The van der Waals surface area contributed by atoms with Gasteiger partial charge >= 0.3 is 11.9 Å². The van der Waals surface area contributed by atoms with Crippen molar-refractivity contribution in [3.8, 4) is 0 Å². The smallest absolute Gasteiger partial charge is 0.364 e. The Bertz CT molecular complexity index is 3790. The summed E-state index contributed by atoms with van der Waals surface area (Å²) in [6.07, 6.45) is -105. The second kappa shape index (κ2) is 47.8. The molecule has 780 valence electrons. The maximum absolute atomic E-state index is 13.2. The van der Waals surface area contributed by atoms with E-state index in [9.17, 15) is 192 Å². The van der Waals surface area contributed by atoms with Crippen molar-refractivity contribution in [2.24, 2.45) is 0 Å². The average Bonchev–Trinajstić information content (AvgIpc) is 0.769. The number of aliphatic carboxylic acids is 2. The number of ether oxygens (including phenoxy) is 19. The lowest BCUT2D eigenvalue weighted by Gasteiger charge is -2.51. The van der Waals surface area contributed by atoms with Gasteiger partial charge in [-0.1, -0.05) is 0 Å². The maximum Gasteiger partial charge on any atom is 0.364 e. The molecule has 4 amide bonds. The Labute approximate surface area is 761 Å². The molecule has 10 aliphatic rings. The molecule has 36 N–H and O–H groups in total. The molecule has 0 aromatic carbocycles. The number of aliphatic hydroxyl groups is 30. The molecule has 61 nitrogen and oxygen atoms in total. The van der Waals surface area contributed by atoms with E-state index in [-0.39, 0.29) is 0 Å². The number of carboxylic acids is 2. The molecule has 0 saturated carbocycles. The molecule has 52 atom stereocenters. The van der Waals surface area contributed by atoms with Crippen LogP contribution in [0.25, 0.3) is 0 Å². The molecule has 10 heterocycles. The largest absolute Gasteiger partial charge is 0.477 e. The summed E-state index contributed by atoms with van der Waals surface area (Å²) in [4.78, 5) is 76.5. The van der Waals surface area contributed by atoms with Crippen LogP contribution in [0.3, 0.4) is 0 Å². The van der Waals surface area contributed by atoms with Crippen LogP contribution in [0.2, 0.25) is 0 Å². The normalized spacial score (nSPS) is 47.0. The molecule has 10 saturated heterocycles. The van der Waals surface area contributed by atoms with E-state index in [1.54, 1.807) is 0 Å². The van der Waals surface area contributed by atoms with Gasteiger partial charge < -0.3 is 275 Å². The predicted molar refractivity (Wildman–Crippen MR) is 410 cm³/mol. The van der Waals surface area contributed by atoms with Gasteiger partial charge in [0.25, 0.3) is 11.6 Å². The van der Waals surface area contributed by atoms with Gasteiger partial charge in [-0.25, -0.2) is 9.59 Å². The van der Waals surface area contributed by atoms with Gasteiger partial charge in [-0.05, 0) is 0 Å². The topological polar surface area (TPSA) is 973 Å². The van der Waals surface area contributed by atoms with E-state index in [1.807, 2.05) is 0 Å². The van der Waals surface area contributed by atoms with E-state index in [1.165, 1.54) is 0 Å². The summed E-state index contributed by atoms with van der Waals surface area (Å²) in [6.45, 7) is -8.55. The fraction of sp³-hybridized carbons (Fsp3) is 0.919. The lowest BCUT2D eigenvalue weighted by atomic mass is 9.88. The van der Waals surface area contributed by atoms with Gasteiger partial charge in [0.05, 0.1) is 90.4 Å². The van der Waals surface area contributed by atoms with Crippen molar-refractivity contribution in [2.75, 3.05) is 66.1 Å². The van der Waals surface area contributed by atoms with Crippen LogP contribution < -0.4 is 21.3 Å². The number of rotatable bonds is 38. The van der Waals surface area contributed by atoms with Crippen molar-refractivity contribution >= 4 is 35.6 Å². The molecular formula is C74H122N4O57. The minimum atomic E-state index is -3.10. The molecule has 0 unspecified atom stereocenters. The third-order valence-electron chi connectivity index (χ3n) is 24.4. The Morgan fingerprint density at radius 1 is 0.304 bits per heavy atom. The zero-order chi connectivity index (χ0) is 100. The van der Waals surface area contributed by atoms with Gasteiger partial charge in [0.2, 0.25) is 23.6 Å². The van der Waals surface area contributed by atoms with Gasteiger partial charge in [0, 0.05) is 40.5 Å². The third-order valence-corrected chi connectivity index (χ3v) is 24.4. The number of carbonyl (C=O) groups is 6. The van der Waals surface area contributed by atoms with E-state index in [2.05, 4.69) is 21.3 Å². The highest BCUT2D eigenvalue weighted by Gasteiger charge is 2.64. The van der Waals surface area contributed by atoms with Gasteiger partial charge in [-0.15, -0.1) is 0 Å². The Morgan fingerprint density at radius 3 is 0.963 bits per heavy atom. The monoisotopic (exact) mass is 1980 g/mol. The number of hydrogen-bond acceptors (Lipinski definition) is 55. The fourth-order valence-corrected chi connectivity index (χ4v) is 17.1. The molecular weight excluding hydrogens is 1860 g/mol. The van der Waals surface area contributed by atoms with Crippen LogP contribution in [0.5, 0.6) is 0 Å². The number of carbonyl (C=O) groups excluding carboxylic acids is 4.